The van der Waals surface area contributed by atoms with Crippen molar-refractivity contribution in [2.75, 3.05) is 0 Å². The Labute approximate surface area is 294 Å². The molecular formula is C40H76N2O6. The number of unbranched alkanes of at least 4 members (excludes halogenated alkanes) is 26. The summed E-state index contributed by atoms with van der Waals surface area (Å²) < 4.78 is 0. The van der Waals surface area contributed by atoms with Gasteiger partial charge in [0.05, 0.1) is 0 Å². The predicted octanol–water partition coefficient (Wildman–Crippen LogP) is 10.5. The SMILES string of the molecule is CCCCCCCCCCCCCCCCCCCCCCCCCCCCCC(=O)N[C@H](C(=O)N[C@@H](CCC(=O)O)C(=O)O)C(C)C. The van der Waals surface area contributed by atoms with Crippen LogP contribution in [-0.2, 0) is 19.2 Å². The first-order valence-electron chi connectivity index (χ1n) is 20.2. The normalized spacial score (nSPS) is 12.6. The molecule has 48 heavy (non-hydrogen) atoms. The molecule has 0 spiro atoms. The standard InChI is InChI=1S/C40H76N2O6/c1-4-5-6-7-8-9-10-11-12-13-14-15-16-17-18-19-20-21-22-23-24-25-26-27-28-29-30-31-36(43)42-38(34(2)3)39(46)41-35(40(47)48)32-33-37(44)45/h34-35,38H,4-33H2,1-3H3,(H,41,46)(H,42,43)(H,44,45)(H,47,48)/t35-,38-/m0/s1. The van der Waals surface area contributed by atoms with Gasteiger partial charge in [-0.3, -0.25) is 14.4 Å². The van der Waals surface area contributed by atoms with Crippen molar-refractivity contribution in [3.05, 3.63) is 0 Å². The lowest BCUT2D eigenvalue weighted by Crippen LogP contribution is -2.53. The van der Waals surface area contributed by atoms with Gasteiger partial charge in [-0.2, -0.15) is 0 Å². The zero-order valence-electron chi connectivity index (χ0n) is 31.5. The van der Waals surface area contributed by atoms with Crippen molar-refractivity contribution in [2.45, 2.75) is 225 Å². The fourth-order valence-corrected chi connectivity index (χ4v) is 6.35. The van der Waals surface area contributed by atoms with Crippen LogP contribution in [0.15, 0.2) is 0 Å². The van der Waals surface area contributed by atoms with Crippen LogP contribution in [0.4, 0.5) is 0 Å². The molecule has 0 heterocycles. The molecule has 4 N–H and O–H groups in total. The van der Waals surface area contributed by atoms with E-state index < -0.39 is 29.9 Å². The molecule has 0 saturated carbocycles. The van der Waals surface area contributed by atoms with Crippen LogP contribution >= 0.6 is 0 Å². The predicted molar refractivity (Wildman–Crippen MR) is 198 cm³/mol. The fraction of sp³-hybridized carbons (Fsp3) is 0.900. The highest BCUT2D eigenvalue weighted by Gasteiger charge is 2.28. The maximum Gasteiger partial charge on any atom is 0.326 e. The number of carboxylic acids is 2. The van der Waals surface area contributed by atoms with E-state index in [0.29, 0.717) is 6.42 Å². The van der Waals surface area contributed by atoms with Gasteiger partial charge in [0, 0.05) is 12.8 Å². The van der Waals surface area contributed by atoms with Crippen molar-refractivity contribution in [3.8, 4) is 0 Å². The molecule has 0 bridgehead atoms. The first-order chi connectivity index (χ1) is 23.2. The Bertz CT molecular complexity index is 803. The summed E-state index contributed by atoms with van der Waals surface area (Å²) in [5, 5.41) is 23.2. The molecule has 8 heteroatoms. The molecular weight excluding hydrogens is 604 g/mol. The Morgan fingerprint density at radius 2 is 0.812 bits per heavy atom. The van der Waals surface area contributed by atoms with E-state index in [1.807, 2.05) is 0 Å². The third-order valence-corrected chi connectivity index (χ3v) is 9.53. The maximum atomic E-state index is 12.6. The number of aliphatic carboxylic acids is 2. The molecule has 0 aliphatic heterocycles. The quantitative estimate of drug-likeness (QED) is 0.0487. The van der Waals surface area contributed by atoms with Gasteiger partial charge in [-0.1, -0.05) is 188 Å². The Hall–Kier alpha value is -2.12. The van der Waals surface area contributed by atoms with Crippen molar-refractivity contribution < 1.29 is 29.4 Å². The minimum absolute atomic E-state index is 0.214. The summed E-state index contributed by atoms with van der Waals surface area (Å²) in [7, 11) is 0. The number of rotatable bonds is 36. The molecule has 0 aromatic heterocycles. The summed E-state index contributed by atoms with van der Waals surface area (Å²) in [5.74, 6) is -3.48. The molecule has 0 saturated heterocycles. The van der Waals surface area contributed by atoms with Crippen LogP contribution in [-0.4, -0.2) is 46.0 Å². The van der Waals surface area contributed by atoms with Gasteiger partial charge in [0.25, 0.3) is 0 Å². The summed E-state index contributed by atoms with van der Waals surface area (Å²) in [5.41, 5.74) is 0. The van der Waals surface area contributed by atoms with Gasteiger partial charge < -0.3 is 20.8 Å². The first kappa shape index (κ1) is 45.9. The molecule has 0 aliphatic rings. The summed E-state index contributed by atoms with van der Waals surface area (Å²) in [6.45, 7) is 5.84. The van der Waals surface area contributed by atoms with Crippen molar-refractivity contribution in [3.63, 3.8) is 0 Å². The monoisotopic (exact) mass is 681 g/mol. The van der Waals surface area contributed by atoms with Gasteiger partial charge >= 0.3 is 11.9 Å². The number of carbonyl (C=O) groups excluding carboxylic acids is 2. The van der Waals surface area contributed by atoms with E-state index in [1.54, 1.807) is 13.8 Å². The summed E-state index contributed by atoms with van der Waals surface area (Å²) in [4.78, 5) is 47.3. The molecule has 0 aliphatic carbocycles. The van der Waals surface area contributed by atoms with Gasteiger partial charge in [0.1, 0.15) is 12.1 Å². The lowest BCUT2D eigenvalue weighted by atomic mass is 10.0. The van der Waals surface area contributed by atoms with E-state index in [-0.39, 0.29) is 24.7 Å². The number of hydrogen-bond acceptors (Lipinski definition) is 4. The highest BCUT2D eigenvalue weighted by Crippen LogP contribution is 2.16. The fourth-order valence-electron chi connectivity index (χ4n) is 6.35. The Kier molecular flexibility index (Phi) is 31.9. The number of amides is 2. The topological polar surface area (TPSA) is 133 Å². The highest BCUT2D eigenvalue weighted by molar-refractivity contribution is 5.90. The van der Waals surface area contributed by atoms with Gasteiger partial charge in [-0.25, -0.2) is 4.79 Å². The molecule has 0 radical (unpaired) electrons. The molecule has 2 amide bonds. The van der Waals surface area contributed by atoms with E-state index in [0.717, 1.165) is 19.3 Å². The largest absolute Gasteiger partial charge is 0.481 e. The van der Waals surface area contributed by atoms with E-state index in [4.69, 9.17) is 5.11 Å². The second-order valence-corrected chi connectivity index (χ2v) is 14.6. The Morgan fingerprint density at radius 1 is 0.479 bits per heavy atom. The molecule has 0 aromatic rings. The maximum absolute atomic E-state index is 12.6. The zero-order chi connectivity index (χ0) is 35.7. The second kappa shape index (κ2) is 33.4. The molecule has 2 atom stereocenters. The molecule has 0 unspecified atom stereocenters. The summed E-state index contributed by atoms with van der Waals surface area (Å²) >= 11 is 0. The molecule has 0 aromatic carbocycles. The molecule has 0 rings (SSSR count). The van der Waals surface area contributed by atoms with Gasteiger partial charge in [-0.05, 0) is 18.8 Å². The second-order valence-electron chi connectivity index (χ2n) is 14.6. The lowest BCUT2D eigenvalue weighted by molar-refractivity contribution is -0.143. The minimum atomic E-state index is -1.31. The van der Waals surface area contributed by atoms with Gasteiger partial charge in [-0.15, -0.1) is 0 Å². The van der Waals surface area contributed by atoms with Crippen LogP contribution < -0.4 is 10.6 Å². The van der Waals surface area contributed by atoms with Gasteiger partial charge in [0.2, 0.25) is 11.8 Å². The van der Waals surface area contributed by atoms with Crippen molar-refractivity contribution in [1.82, 2.24) is 10.6 Å². The van der Waals surface area contributed by atoms with Crippen LogP contribution in [0.1, 0.15) is 213 Å². The lowest BCUT2D eigenvalue weighted by Gasteiger charge is -2.24. The highest BCUT2D eigenvalue weighted by atomic mass is 16.4. The molecule has 8 nitrogen and oxygen atoms in total. The van der Waals surface area contributed by atoms with Crippen molar-refractivity contribution in [1.29, 1.82) is 0 Å². The minimum Gasteiger partial charge on any atom is -0.481 e. The zero-order valence-corrected chi connectivity index (χ0v) is 31.5. The van der Waals surface area contributed by atoms with E-state index in [2.05, 4.69) is 17.6 Å². The third-order valence-electron chi connectivity index (χ3n) is 9.53. The number of nitrogens with one attached hydrogen (secondary N) is 2. The van der Waals surface area contributed by atoms with Crippen molar-refractivity contribution in [2.24, 2.45) is 5.92 Å². The van der Waals surface area contributed by atoms with Crippen LogP contribution in [0.2, 0.25) is 0 Å². The average molecular weight is 681 g/mol. The summed E-state index contributed by atoms with van der Waals surface area (Å²) in [6.07, 6.45) is 36.0. The summed E-state index contributed by atoms with van der Waals surface area (Å²) in [6, 6.07) is -2.17. The Morgan fingerprint density at radius 3 is 1.10 bits per heavy atom. The smallest absolute Gasteiger partial charge is 0.326 e. The molecule has 282 valence electrons. The van der Waals surface area contributed by atoms with E-state index in [1.165, 1.54) is 154 Å². The van der Waals surface area contributed by atoms with Crippen molar-refractivity contribution >= 4 is 23.8 Å². The average Bonchev–Trinajstić information content (AvgIpc) is 3.04. The third kappa shape index (κ3) is 30.0. The van der Waals surface area contributed by atoms with E-state index in [9.17, 15) is 24.3 Å². The number of hydrogen-bond donors (Lipinski definition) is 4. The molecule has 0 fully saturated rings. The Balaban J connectivity index is 3.59. The van der Waals surface area contributed by atoms with Gasteiger partial charge in [0.15, 0.2) is 0 Å². The van der Waals surface area contributed by atoms with Crippen LogP contribution in [0.3, 0.4) is 0 Å². The first-order valence-corrected chi connectivity index (χ1v) is 20.2. The van der Waals surface area contributed by atoms with Crippen LogP contribution in [0, 0.1) is 5.92 Å². The number of carboxylic acid groups (broad SMARTS) is 2. The van der Waals surface area contributed by atoms with Crippen LogP contribution in [0.5, 0.6) is 0 Å². The van der Waals surface area contributed by atoms with Crippen LogP contribution in [0.25, 0.3) is 0 Å². The number of carbonyl (C=O) groups is 4. The van der Waals surface area contributed by atoms with E-state index >= 15 is 0 Å².